The molecule has 0 bridgehead atoms. The predicted molar refractivity (Wildman–Crippen MR) is 67.2 cm³/mol. The van der Waals surface area contributed by atoms with E-state index in [1.54, 1.807) is 30.3 Å². The summed E-state index contributed by atoms with van der Waals surface area (Å²) in [5, 5.41) is 46.4. The lowest BCUT2D eigenvalue weighted by Gasteiger charge is -2.44. The van der Waals surface area contributed by atoms with Crippen molar-refractivity contribution in [3.05, 3.63) is 30.3 Å². The van der Waals surface area contributed by atoms with E-state index in [-0.39, 0.29) is 0 Å². The van der Waals surface area contributed by atoms with Gasteiger partial charge >= 0.3 is 0 Å². The molecule has 1 fully saturated rings. The highest BCUT2D eigenvalue weighted by atomic mass is 32.2. The van der Waals surface area contributed by atoms with Crippen molar-refractivity contribution in [1.82, 2.24) is 0 Å². The van der Waals surface area contributed by atoms with Crippen molar-refractivity contribution in [3.8, 4) is 0 Å². The Kier molecular flexibility index (Phi) is 4.46. The summed E-state index contributed by atoms with van der Waals surface area (Å²) in [4.78, 5) is 0.615. The maximum atomic E-state index is 10.3. The summed E-state index contributed by atoms with van der Waals surface area (Å²) in [7, 11) is 0. The van der Waals surface area contributed by atoms with Crippen molar-refractivity contribution in [2.45, 2.75) is 34.4 Å². The largest absolute Gasteiger partial charge is 0.394 e. The van der Waals surface area contributed by atoms with Gasteiger partial charge in [0.2, 0.25) is 5.12 Å². The molecule has 5 atom stereocenters. The molecule has 5 N–H and O–H groups in total. The van der Waals surface area contributed by atoms with E-state index in [2.05, 4.69) is 0 Å². The molecule has 0 unspecified atom stereocenters. The second-order valence-corrected chi connectivity index (χ2v) is 5.57. The van der Waals surface area contributed by atoms with E-state index >= 15 is 0 Å². The van der Waals surface area contributed by atoms with E-state index in [1.807, 2.05) is 0 Å². The first-order chi connectivity index (χ1) is 8.98. The van der Waals surface area contributed by atoms with Crippen LogP contribution in [0.25, 0.3) is 0 Å². The van der Waals surface area contributed by atoms with Crippen molar-refractivity contribution in [3.63, 3.8) is 0 Å². The normalized spacial score (nSPS) is 39.2. The number of thioether (sulfide) groups is 1. The highest BCUT2D eigenvalue weighted by Gasteiger charge is 2.53. The van der Waals surface area contributed by atoms with Gasteiger partial charge in [0, 0.05) is 4.90 Å². The van der Waals surface area contributed by atoms with Gasteiger partial charge in [0.1, 0.15) is 24.4 Å². The van der Waals surface area contributed by atoms with E-state index in [9.17, 15) is 20.4 Å². The van der Waals surface area contributed by atoms with Gasteiger partial charge in [-0.05, 0) is 12.1 Å². The fraction of sp³-hybridized carbons (Fsp3) is 0.500. The first kappa shape index (κ1) is 14.7. The van der Waals surface area contributed by atoms with Gasteiger partial charge in [0.15, 0.2) is 0 Å². The van der Waals surface area contributed by atoms with Crippen molar-refractivity contribution >= 4 is 11.8 Å². The summed E-state index contributed by atoms with van der Waals surface area (Å²) >= 11 is 0.801. The molecule has 1 aliphatic heterocycles. The Hall–Kier alpha value is -0.670. The summed E-state index contributed by atoms with van der Waals surface area (Å²) in [5.74, 6) is 0. The molecule has 0 aliphatic carbocycles. The van der Waals surface area contributed by atoms with Crippen LogP contribution >= 0.6 is 11.8 Å². The molecule has 1 aromatic rings. The van der Waals surface area contributed by atoms with Crippen LogP contribution in [0.3, 0.4) is 0 Å². The van der Waals surface area contributed by atoms with Crippen molar-refractivity contribution in [2.24, 2.45) is 0 Å². The Balaban J connectivity index is 2.21. The predicted octanol–water partition coefficient (Wildman–Crippen LogP) is -1.10. The summed E-state index contributed by atoms with van der Waals surface area (Å²) in [6.45, 7) is -0.581. The Bertz CT molecular complexity index is 414. The van der Waals surface area contributed by atoms with Gasteiger partial charge in [0.05, 0.1) is 6.61 Å². The van der Waals surface area contributed by atoms with Gasteiger partial charge in [-0.15, -0.1) is 0 Å². The molecule has 2 rings (SSSR count). The van der Waals surface area contributed by atoms with Gasteiger partial charge in [0.25, 0.3) is 0 Å². The Morgan fingerprint density at radius 3 is 2.32 bits per heavy atom. The van der Waals surface area contributed by atoms with Crippen LogP contribution in [0.1, 0.15) is 0 Å². The second-order valence-electron chi connectivity index (χ2n) is 4.31. The van der Waals surface area contributed by atoms with Crippen LogP contribution < -0.4 is 0 Å². The second kappa shape index (κ2) is 5.76. The van der Waals surface area contributed by atoms with Gasteiger partial charge in [-0.25, -0.2) is 0 Å². The zero-order chi connectivity index (χ0) is 14.0. The van der Waals surface area contributed by atoms with Crippen LogP contribution in [0.15, 0.2) is 35.2 Å². The molecular formula is C12H16O6S. The molecule has 19 heavy (non-hydrogen) atoms. The van der Waals surface area contributed by atoms with Crippen LogP contribution in [0.5, 0.6) is 0 Å². The molecule has 0 aromatic heterocycles. The first-order valence-corrected chi connectivity index (χ1v) is 6.59. The Morgan fingerprint density at radius 1 is 1.11 bits per heavy atom. The third-order valence-electron chi connectivity index (χ3n) is 2.94. The summed E-state index contributed by atoms with van der Waals surface area (Å²) in [6, 6.07) is 8.68. The molecule has 106 valence electrons. The van der Waals surface area contributed by atoms with Crippen LogP contribution in [-0.4, -0.2) is 61.7 Å². The third kappa shape index (κ3) is 2.92. The van der Waals surface area contributed by atoms with Gasteiger partial charge in [-0.2, -0.15) is 0 Å². The summed E-state index contributed by atoms with van der Waals surface area (Å²) < 4.78 is 5.13. The smallest absolute Gasteiger partial charge is 0.250 e. The van der Waals surface area contributed by atoms with E-state index in [0.717, 1.165) is 11.8 Å². The lowest BCUT2D eigenvalue weighted by Crippen LogP contribution is -2.63. The minimum absolute atomic E-state index is 0.581. The SMILES string of the molecule is OC[C@H]1O[C@](O)(Sc2ccccc2)[C@H](O)[C@@H](O)[C@H]1O. The molecule has 0 spiro atoms. The van der Waals surface area contributed by atoms with E-state index in [1.165, 1.54) is 0 Å². The van der Waals surface area contributed by atoms with Crippen molar-refractivity contribution in [2.75, 3.05) is 6.61 Å². The van der Waals surface area contributed by atoms with E-state index in [0.29, 0.717) is 4.90 Å². The molecule has 1 aliphatic rings. The minimum atomic E-state index is -2.13. The van der Waals surface area contributed by atoms with Crippen molar-refractivity contribution in [1.29, 1.82) is 0 Å². The number of ether oxygens (including phenoxy) is 1. The van der Waals surface area contributed by atoms with Crippen LogP contribution in [0.4, 0.5) is 0 Å². The van der Waals surface area contributed by atoms with Gasteiger partial charge < -0.3 is 30.3 Å². The molecule has 1 aromatic carbocycles. The lowest BCUT2D eigenvalue weighted by molar-refractivity contribution is -0.305. The molecule has 0 radical (unpaired) electrons. The summed E-state index contributed by atoms with van der Waals surface area (Å²) in [6.07, 6.45) is -5.93. The molecule has 1 heterocycles. The van der Waals surface area contributed by atoms with E-state index in [4.69, 9.17) is 9.84 Å². The fourth-order valence-corrected chi connectivity index (χ4v) is 2.93. The molecule has 1 saturated heterocycles. The molecule has 7 heteroatoms. The number of hydrogen-bond acceptors (Lipinski definition) is 7. The van der Waals surface area contributed by atoms with Gasteiger partial charge in [-0.3, -0.25) is 0 Å². The highest BCUT2D eigenvalue weighted by Crippen LogP contribution is 2.40. The lowest BCUT2D eigenvalue weighted by atomic mass is 9.99. The van der Waals surface area contributed by atoms with Crippen molar-refractivity contribution < 1.29 is 30.3 Å². The molecule has 0 amide bonds. The van der Waals surface area contributed by atoms with Crippen LogP contribution in [0, 0.1) is 0 Å². The number of aliphatic hydroxyl groups excluding tert-OH is 4. The zero-order valence-electron chi connectivity index (χ0n) is 9.96. The Labute approximate surface area is 114 Å². The number of hydrogen-bond donors (Lipinski definition) is 5. The van der Waals surface area contributed by atoms with Crippen LogP contribution in [-0.2, 0) is 4.74 Å². The maximum Gasteiger partial charge on any atom is 0.250 e. The number of aliphatic hydroxyl groups is 5. The fourth-order valence-electron chi connectivity index (χ4n) is 1.87. The van der Waals surface area contributed by atoms with Crippen LogP contribution in [0.2, 0.25) is 0 Å². The quantitative estimate of drug-likeness (QED) is 0.449. The monoisotopic (exact) mass is 288 g/mol. The number of benzene rings is 1. The maximum absolute atomic E-state index is 10.3. The molecule has 0 saturated carbocycles. The van der Waals surface area contributed by atoms with Gasteiger partial charge in [-0.1, -0.05) is 30.0 Å². The van der Waals surface area contributed by atoms with E-state index < -0.39 is 36.1 Å². The standard InChI is InChI=1S/C12H16O6S/c13-6-8-9(14)10(15)11(16)12(17,18-8)19-7-4-2-1-3-5-7/h1-5,8-11,13-17H,6H2/t8-,9+,10+,11-,12+/m1/s1. The molecular weight excluding hydrogens is 272 g/mol. The third-order valence-corrected chi connectivity index (χ3v) is 4.07. The summed E-state index contributed by atoms with van der Waals surface area (Å²) in [5.41, 5.74) is 0. The molecule has 6 nitrogen and oxygen atoms in total. The minimum Gasteiger partial charge on any atom is -0.394 e. The first-order valence-electron chi connectivity index (χ1n) is 5.77. The topological polar surface area (TPSA) is 110 Å². The number of rotatable bonds is 3. The average Bonchev–Trinajstić information content (AvgIpc) is 2.42. The average molecular weight is 288 g/mol. The zero-order valence-corrected chi connectivity index (χ0v) is 10.8. The highest BCUT2D eigenvalue weighted by molar-refractivity contribution is 8.00. The Morgan fingerprint density at radius 2 is 1.74 bits per heavy atom.